The van der Waals surface area contributed by atoms with Gasteiger partial charge in [-0.25, -0.2) is 9.98 Å². The standard InChI is InChI=1S/C58H40N4O/c1-35-12-11-19-43-31-52-48(32-46(35)43)47-29-41-17-7-8-18-42(41)30-51(47)62(52)53-34-55-49(45-20-9-10-21-54(45)63-55)33-50(53)58-60-56(39-25-22-38(23-26-39)36-13-3-2-4-14-36)59-57(61-58)44-27-24-37-15-5-6-16-40(37)28-44/h2-11,13-35,56H,12H2,1H3,(H,59,60,61). The van der Waals surface area contributed by atoms with Crippen molar-refractivity contribution in [3.8, 4) is 16.8 Å². The smallest absolute Gasteiger partial charge is 0.159 e. The molecule has 2 aliphatic rings. The molecule has 5 nitrogen and oxygen atoms in total. The molecular formula is C58H40N4O. The molecule has 0 amide bonds. The topological polar surface area (TPSA) is 54.8 Å². The van der Waals surface area contributed by atoms with Crippen LogP contribution in [0.3, 0.4) is 0 Å². The zero-order valence-electron chi connectivity index (χ0n) is 34.6. The lowest BCUT2D eigenvalue weighted by atomic mass is 9.87. The molecule has 0 spiro atoms. The first-order valence-corrected chi connectivity index (χ1v) is 21.8. The van der Waals surface area contributed by atoms with Crippen LogP contribution in [0, 0.1) is 0 Å². The monoisotopic (exact) mass is 808 g/mol. The molecule has 0 saturated heterocycles. The Balaban J connectivity index is 1.08. The van der Waals surface area contributed by atoms with Gasteiger partial charge < -0.3 is 14.3 Å². The van der Waals surface area contributed by atoms with Gasteiger partial charge in [-0.1, -0.05) is 153 Å². The van der Waals surface area contributed by atoms with E-state index >= 15 is 0 Å². The van der Waals surface area contributed by atoms with E-state index in [1.807, 2.05) is 6.07 Å². The lowest BCUT2D eigenvalue weighted by Crippen LogP contribution is -2.34. The van der Waals surface area contributed by atoms with Crippen molar-refractivity contribution in [3.63, 3.8) is 0 Å². The van der Waals surface area contributed by atoms with Gasteiger partial charge in [-0.05, 0) is 104 Å². The van der Waals surface area contributed by atoms with Crippen LogP contribution in [0.15, 0.2) is 202 Å². The number of allylic oxidation sites excluding steroid dienone is 1. The van der Waals surface area contributed by atoms with Crippen molar-refractivity contribution in [1.82, 2.24) is 9.88 Å². The predicted octanol–water partition coefficient (Wildman–Crippen LogP) is 14.7. The van der Waals surface area contributed by atoms with Gasteiger partial charge >= 0.3 is 0 Å². The first-order valence-electron chi connectivity index (χ1n) is 21.8. The fourth-order valence-electron chi connectivity index (χ4n) is 9.98. The van der Waals surface area contributed by atoms with Crippen LogP contribution in [0.1, 0.15) is 53.2 Å². The Morgan fingerprint density at radius 2 is 1.24 bits per heavy atom. The first-order chi connectivity index (χ1) is 31.1. The van der Waals surface area contributed by atoms with E-state index in [4.69, 9.17) is 14.4 Å². The zero-order chi connectivity index (χ0) is 41.6. The Morgan fingerprint density at radius 1 is 0.556 bits per heavy atom. The summed E-state index contributed by atoms with van der Waals surface area (Å²) in [5, 5.41) is 13.2. The maximum atomic E-state index is 6.69. The van der Waals surface area contributed by atoms with E-state index in [1.54, 1.807) is 0 Å². The van der Waals surface area contributed by atoms with E-state index < -0.39 is 6.17 Å². The van der Waals surface area contributed by atoms with Gasteiger partial charge in [-0.15, -0.1) is 0 Å². The summed E-state index contributed by atoms with van der Waals surface area (Å²) in [6.45, 7) is 2.34. The minimum absolute atomic E-state index is 0.408. The Bertz CT molecular complexity index is 3760. The summed E-state index contributed by atoms with van der Waals surface area (Å²) in [4.78, 5) is 10.9. The molecule has 2 unspecified atom stereocenters. The molecule has 3 heterocycles. The number of hydrogen-bond donors (Lipinski definition) is 1. The molecule has 1 aliphatic carbocycles. The number of amidine groups is 2. The highest BCUT2D eigenvalue weighted by Crippen LogP contribution is 2.42. The number of furan rings is 1. The zero-order valence-corrected chi connectivity index (χ0v) is 34.6. The van der Waals surface area contributed by atoms with Gasteiger partial charge in [-0.2, -0.15) is 0 Å². The molecule has 9 aromatic carbocycles. The molecule has 2 atom stereocenters. The number of fused-ring (bicyclic) bond motifs is 9. The molecule has 2 aromatic heterocycles. The van der Waals surface area contributed by atoms with Crippen molar-refractivity contribution in [2.75, 3.05) is 0 Å². The average Bonchev–Trinajstić information content (AvgIpc) is 3.86. The number of rotatable bonds is 5. The summed E-state index contributed by atoms with van der Waals surface area (Å²) >= 11 is 0. The summed E-state index contributed by atoms with van der Waals surface area (Å²) in [5.74, 6) is 1.86. The van der Waals surface area contributed by atoms with Gasteiger partial charge in [0.2, 0.25) is 0 Å². The molecule has 0 saturated carbocycles. The largest absolute Gasteiger partial charge is 0.456 e. The minimum atomic E-state index is -0.408. The van der Waals surface area contributed by atoms with Crippen LogP contribution in [0.25, 0.3) is 88.2 Å². The van der Waals surface area contributed by atoms with Crippen LogP contribution in [0.5, 0.6) is 0 Å². The number of nitrogens with zero attached hydrogens (tertiary/aromatic N) is 3. The predicted molar refractivity (Wildman–Crippen MR) is 262 cm³/mol. The summed E-state index contributed by atoms with van der Waals surface area (Å²) < 4.78 is 9.14. The molecule has 1 aliphatic heterocycles. The summed E-state index contributed by atoms with van der Waals surface area (Å²) in [6.07, 6.45) is 5.24. The molecule has 0 fully saturated rings. The Kier molecular flexibility index (Phi) is 7.94. The van der Waals surface area contributed by atoms with Crippen LogP contribution < -0.4 is 5.32 Å². The van der Waals surface area contributed by atoms with Crippen molar-refractivity contribution in [3.05, 3.63) is 216 Å². The molecule has 0 bridgehead atoms. The highest BCUT2D eigenvalue weighted by atomic mass is 16.3. The summed E-state index contributed by atoms with van der Waals surface area (Å²) in [7, 11) is 0. The minimum Gasteiger partial charge on any atom is -0.456 e. The number of para-hydroxylation sites is 1. The van der Waals surface area contributed by atoms with Crippen molar-refractivity contribution in [2.24, 2.45) is 9.98 Å². The third-order valence-corrected chi connectivity index (χ3v) is 13.2. The number of aromatic nitrogens is 1. The fourth-order valence-corrected chi connectivity index (χ4v) is 9.98. The molecule has 5 heteroatoms. The van der Waals surface area contributed by atoms with Crippen LogP contribution in [-0.2, 0) is 0 Å². The highest BCUT2D eigenvalue weighted by molar-refractivity contribution is 6.20. The van der Waals surface area contributed by atoms with Crippen molar-refractivity contribution in [1.29, 1.82) is 0 Å². The first kappa shape index (κ1) is 35.7. The van der Waals surface area contributed by atoms with Crippen LogP contribution in [0.4, 0.5) is 0 Å². The number of benzene rings is 9. The van der Waals surface area contributed by atoms with Crippen molar-refractivity contribution >= 4 is 83.0 Å². The third-order valence-electron chi connectivity index (χ3n) is 13.2. The molecule has 13 rings (SSSR count). The van der Waals surface area contributed by atoms with E-state index in [0.29, 0.717) is 11.8 Å². The Labute approximate surface area is 364 Å². The summed E-state index contributed by atoms with van der Waals surface area (Å²) in [6, 6.07) is 65.3. The van der Waals surface area contributed by atoms with Gasteiger partial charge in [0.25, 0.3) is 0 Å². The van der Waals surface area contributed by atoms with E-state index in [-0.39, 0.29) is 0 Å². The van der Waals surface area contributed by atoms with E-state index in [0.717, 1.165) is 78.6 Å². The second kappa shape index (κ2) is 14.0. The molecule has 11 aromatic rings. The van der Waals surface area contributed by atoms with Crippen molar-refractivity contribution < 1.29 is 4.42 Å². The molecular weight excluding hydrogens is 769 g/mol. The third kappa shape index (κ3) is 5.84. The second-order valence-corrected chi connectivity index (χ2v) is 17.1. The SMILES string of the molecule is CC1CC=Cc2cc3c(cc21)c1cc2ccccc2cc1n3-c1cc2oc3ccccc3c2cc1C1=NC(c2ccc3ccccc3c2)=NC(c2ccc(-c3ccccc3)cc2)N1. The average molecular weight is 809 g/mol. The fraction of sp³-hybridized carbons (Fsp3) is 0.0690. The molecule has 0 radical (unpaired) electrons. The van der Waals surface area contributed by atoms with E-state index in [9.17, 15) is 0 Å². The van der Waals surface area contributed by atoms with Crippen molar-refractivity contribution in [2.45, 2.75) is 25.4 Å². The maximum absolute atomic E-state index is 6.69. The maximum Gasteiger partial charge on any atom is 0.159 e. The van der Waals surface area contributed by atoms with Gasteiger partial charge in [0.05, 0.1) is 16.7 Å². The van der Waals surface area contributed by atoms with Gasteiger partial charge in [0, 0.05) is 38.7 Å². The number of nitrogens with one attached hydrogen (secondary N) is 1. The van der Waals surface area contributed by atoms with Gasteiger partial charge in [-0.3, -0.25) is 0 Å². The molecule has 1 N–H and O–H groups in total. The number of aliphatic imine (C=N–C) groups is 2. The Hall–Kier alpha value is -8.02. The van der Waals surface area contributed by atoms with Gasteiger partial charge in [0.1, 0.15) is 23.2 Å². The Morgan fingerprint density at radius 3 is 2.08 bits per heavy atom. The van der Waals surface area contributed by atoms with E-state index in [1.165, 1.54) is 43.6 Å². The number of hydrogen-bond acceptors (Lipinski definition) is 4. The normalized spacial score (nSPS) is 16.2. The lowest BCUT2D eigenvalue weighted by Gasteiger charge is -2.26. The second-order valence-electron chi connectivity index (χ2n) is 17.1. The van der Waals surface area contributed by atoms with Crippen LogP contribution in [-0.4, -0.2) is 16.2 Å². The van der Waals surface area contributed by atoms with Crippen LogP contribution in [0.2, 0.25) is 0 Å². The van der Waals surface area contributed by atoms with E-state index in [2.05, 4.69) is 205 Å². The lowest BCUT2D eigenvalue weighted by molar-refractivity contribution is 0.668. The highest BCUT2D eigenvalue weighted by Gasteiger charge is 2.27. The van der Waals surface area contributed by atoms with Gasteiger partial charge in [0.15, 0.2) is 5.84 Å². The molecule has 298 valence electrons. The van der Waals surface area contributed by atoms with Crippen LogP contribution >= 0.6 is 0 Å². The summed E-state index contributed by atoms with van der Waals surface area (Å²) in [5.41, 5.74) is 12.9. The molecule has 63 heavy (non-hydrogen) atoms. The quantitative estimate of drug-likeness (QED) is 0.188.